The Bertz CT molecular complexity index is 1050. The number of carbonyl (C=O) groups is 1. The topological polar surface area (TPSA) is 47.4 Å². The largest absolute Gasteiger partial charge is 0.494 e. The quantitative estimate of drug-likeness (QED) is 0.498. The highest BCUT2D eigenvalue weighted by Crippen LogP contribution is 2.30. The van der Waals surface area contributed by atoms with Crippen molar-refractivity contribution in [3.05, 3.63) is 59.9 Å². The minimum Gasteiger partial charge on any atom is -0.494 e. The summed E-state index contributed by atoms with van der Waals surface area (Å²) in [6.07, 6.45) is 1.43. The molecule has 1 atom stereocenters. The highest BCUT2D eigenvalue weighted by atomic mass is 16.5. The van der Waals surface area contributed by atoms with Gasteiger partial charge in [-0.25, -0.2) is 4.98 Å². The van der Waals surface area contributed by atoms with E-state index in [1.54, 1.807) is 0 Å². The minimum atomic E-state index is 0.145. The summed E-state index contributed by atoms with van der Waals surface area (Å²) in [5.41, 5.74) is 3.58. The number of rotatable bonds is 7. The number of hydrogen-bond donors (Lipinski definition) is 0. The molecule has 0 spiro atoms. The van der Waals surface area contributed by atoms with Gasteiger partial charge in [0.05, 0.1) is 17.6 Å². The molecule has 4 rings (SSSR count). The number of likely N-dealkylation sites (N-methyl/N-ethyl adjacent to an activating group) is 1. The number of aryl methyl sites for hydroxylation is 1. The Morgan fingerprint density at radius 2 is 1.84 bits per heavy atom. The molecule has 3 aromatic rings. The van der Waals surface area contributed by atoms with Gasteiger partial charge >= 0.3 is 0 Å². The van der Waals surface area contributed by atoms with Gasteiger partial charge < -0.3 is 14.2 Å². The summed E-state index contributed by atoms with van der Waals surface area (Å²) in [6.45, 7) is 11.7. The van der Waals surface area contributed by atoms with Crippen molar-refractivity contribution < 1.29 is 9.53 Å². The lowest BCUT2D eigenvalue weighted by atomic mass is 9.87. The molecule has 0 aliphatic carbocycles. The first-order chi connectivity index (χ1) is 14.9. The molecule has 0 radical (unpaired) electrons. The molecule has 1 fully saturated rings. The van der Waals surface area contributed by atoms with Gasteiger partial charge in [-0.05, 0) is 48.6 Å². The van der Waals surface area contributed by atoms with E-state index in [1.165, 1.54) is 5.56 Å². The second-order valence-electron chi connectivity index (χ2n) is 9.42. The van der Waals surface area contributed by atoms with E-state index < -0.39 is 0 Å². The van der Waals surface area contributed by atoms with Crippen LogP contribution in [-0.4, -0.2) is 40.1 Å². The van der Waals surface area contributed by atoms with Crippen molar-refractivity contribution in [1.29, 1.82) is 0 Å². The molecule has 1 amide bonds. The molecule has 0 N–H and O–H groups in total. The zero-order chi connectivity index (χ0) is 22.0. The monoisotopic (exact) mass is 419 g/mol. The molecule has 1 aliphatic rings. The van der Waals surface area contributed by atoms with Crippen molar-refractivity contribution in [2.45, 2.75) is 58.4 Å². The van der Waals surface area contributed by atoms with Gasteiger partial charge in [-0.2, -0.15) is 0 Å². The van der Waals surface area contributed by atoms with Crippen LogP contribution >= 0.6 is 0 Å². The lowest BCUT2D eigenvalue weighted by molar-refractivity contribution is -0.127. The SMILES string of the molecule is CCN1CC(c2nc3ccccc3n2CCCOc2ccc(C(C)(C)C)cc2)CC1=O. The molecule has 1 saturated heterocycles. The third kappa shape index (κ3) is 4.60. The Morgan fingerprint density at radius 1 is 1.10 bits per heavy atom. The van der Waals surface area contributed by atoms with Crippen LogP contribution in [0.1, 0.15) is 57.8 Å². The van der Waals surface area contributed by atoms with Crippen LogP contribution in [-0.2, 0) is 16.8 Å². The normalized spacial score (nSPS) is 17.0. The number of carbonyl (C=O) groups excluding carboxylic acids is 1. The number of fused-ring (bicyclic) bond motifs is 1. The number of amides is 1. The summed E-state index contributed by atoms with van der Waals surface area (Å²) in [5.74, 6) is 2.32. The summed E-state index contributed by atoms with van der Waals surface area (Å²) in [6, 6.07) is 16.6. The molecular formula is C26H33N3O2. The maximum absolute atomic E-state index is 12.3. The van der Waals surface area contributed by atoms with Crippen LogP contribution in [0.15, 0.2) is 48.5 Å². The Hall–Kier alpha value is -2.82. The molecule has 5 nitrogen and oxygen atoms in total. The number of imidazole rings is 1. The molecule has 2 heterocycles. The molecule has 0 saturated carbocycles. The van der Waals surface area contributed by atoms with Crippen molar-refractivity contribution in [3.63, 3.8) is 0 Å². The molecule has 164 valence electrons. The Morgan fingerprint density at radius 3 is 2.52 bits per heavy atom. The fourth-order valence-electron chi connectivity index (χ4n) is 4.36. The lowest BCUT2D eigenvalue weighted by Gasteiger charge is -2.19. The van der Waals surface area contributed by atoms with E-state index in [2.05, 4.69) is 67.8 Å². The molecule has 0 bridgehead atoms. The minimum absolute atomic E-state index is 0.145. The van der Waals surface area contributed by atoms with Gasteiger partial charge in [0.2, 0.25) is 5.91 Å². The first kappa shape index (κ1) is 21.4. The summed E-state index contributed by atoms with van der Waals surface area (Å²) in [7, 11) is 0. The van der Waals surface area contributed by atoms with Crippen molar-refractivity contribution in [2.75, 3.05) is 19.7 Å². The van der Waals surface area contributed by atoms with Crippen molar-refractivity contribution in [2.24, 2.45) is 0 Å². The standard InChI is InChI=1S/C26H33N3O2/c1-5-28-18-19(17-24(28)30)25-27-22-9-6-7-10-23(22)29(25)15-8-16-31-21-13-11-20(12-14-21)26(2,3)4/h6-7,9-14,19H,5,8,15-18H2,1-4H3. The molecule has 5 heteroatoms. The van der Waals surface area contributed by atoms with Gasteiger partial charge in [0, 0.05) is 32.0 Å². The summed E-state index contributed by atoms with van der Waals surface area (Å²) in [5, 5.41) is 0. The maximum Gasteiger partial charge on any atom is 0.223 e. The predicted molar refractivity (Wildman–Crippen MR) is 125 cm³/mol. The van der Waals surface area contributed by atoms with Gasteiger partial charge in [0.25, 0.3) is 0 Å². The number of ether oxygens (including phenoxy) is 1. The zero-order valence-corrected chi connectivity index (χ0v) is 19.1. The van der Waals surface area contributed by atoms with E-state index in [9.17, 15) is 4.79 Å². The molecule has 31 heavy (non-hydrogen) atoms. The number of hydrogen-bond acceptors (Lipinski definition) is 3. The highest BCUT2D eigenvalue weighted by Gasteiger charge is 2.33. The number of nitrogens with zero attached hydrogens (tertiary/aromatic N) is 3. The van der Waals surface area contributed by atoms with Crippen LogP contribution < -0.4 is 4.74 Å². The van der Waals surface area contributed by atoms with Crippen LogP contribution in [0.25, 0.3) is 11.0 Å². The second kappa shape index (κ2) is 8.74. The lowest BCUT2D eigenvalue weighted by Crippen LogP contribution is -2.24. The van der Waals surface area contributed by atoms with Crippen LogP contribution in [0.3, 0.4) is 0 Å². The average molecular weight is 420 g/mol. The average Bonchev–Trinajstić information content (AvgIpc) is 3.31. The second-order valence-corrected chi connectivity index (χ2v) is 9.42. The fraction of sp³-hybridized carbons (Fsp3) is 0.462. The van der Waals surface area contributed by atoms with Crippen molar-refractivity contribution in [1.82, 2.24) is 14.5 Å². The van der Waals surface area contributed by atoms with Crippen molar-refractivity contribution >= 4 is 16.9 Å². The summed E-state index contributed by atoms with van der Waals surface area (Å²) in [4.78, 5) is 19.1. The van der Waals surface area contributed by atoms with E-state index in [0.717, 1.165) is 48.7 Å². The maximum atomic E-state index is 12.3. The highest BCUT2D eigenvalue weighted by molar-refractivity contribution is 5.80. The number of para-hydroxylation sites is 2. The first-order valence-corrected chi connectivity index (χ1v) is 11.3. The van der Waals surface area contributed by atoms with Crippen LogP contribution in [0, 0.1) is 0 Å². The summed E-state index contributed by atoms with van der Waals surface area (Å²) < 4.78 is 8.29. The van der Waals surface area contributed by atoms with Gasteiger partial charge in [-0.3, -0.25) is 4.79 Å². The van der Waals surface area contributed by atoms with Gasteiger partial charge in [-0.1, -0.05) is 45.0 Å². The Kier molecular flexibility index (Phi) is 6.03. The van der Waals surface area contributed by atoms with E-state index in [1.807, 2.05) is 17.9 Å². The van der Waals surface area contributed by atoms with Crippen LogP contribution in [0.2, 0.25) is 0 Å². The fourth-order valence-corrected chi connectivity index (χ4v) is 4.36. The van der Waals surface area contributed by atoms with Crippen molar-refractivity contribution in [3.8, 4) is 5.75 Å². The molecule has 2 aromatic carbocycles. The van der Waals surface area contributed by atoms with Gasteiger partial charge in [-0.15, -0.1) is 0 Å². The van der Waals surface area contributed by atoms with Crippen LogP contribution in [0.4, 0.5) is 0 Å². The van der Waals surface area contributed by atoms with E-state index >= 15 is 0 Å². The molecular weight excluding hydrogens is 386 g/mol. The van der Waals surface area contributed by atoms with Crippen LogP contribution in [0.5, 0.6) is 5.75 Å². The smallest absolute Gasteiger partial charge is 0.223 e. The Balaban J connectivity index is 1.44. The predicted octanol–water partition coefficient (Wildman–Crippen LogP) is 5.14. The first-order valence-electron chi connectivity index (χ1n) is 11.3. The molecule has 1 aromatic heterocycles. The summed E-state index contributed by atoms with van der Waals surface area (Å²) >= 11 is 0. The van der Waals surface area contributed by atoms with E-state index in [4.69, 9.17) is 9.72 Å². The zero-order valence-electron chi connectivity index (χ0n) is 19.1. The number of benzene rings is 2. The third-order valence-electron chi connectivity index (χ3n) is 6.16. The Labute approximate surface area is 185 Å². The number of aromatic nitrogens is 2. The van der Waals surface area contributed by atoms with E-state index in [-0.39, 0.29) is 17.2 Å². The molecule has 1 aliphatic heterocycles. The van der Waals surface area contributed by atoms with Gasteiger partial charge in [0.15, 0.2) is 0 Å². The number of likely N-dealkylation sites (tertiary alicyclic amines) is 1. The van der Waals surface area contributed by atoms with E-state index in [0.29, 0.717) is 13.0 Å². The van der Waals surface area contributed by atoms with Gasteiger partial charge in [0.1, 0.15) is 11.6 Å². The molecule has 1 unspecified atom stereocenters. The third-order valence-corrected chi connectivity index (χ3v) is 6.16.